The molecule has 8 heteroatoms. The van der Waals surface area contributed by atoms with Crippen molar-refractivity contribution in [3.8, 4) is 5.75 Å². The van der Waals surface area contributed by atoms with Gasteiger partial charge in [-0.1, -0.05) is 0 Å². The molecule has 0 aliphatic rings. The Balaban J connectivity index is 2.11. The summed E-state index contributed by atoms with van der Waals surface area (Å²) in [6, 6.07) is 6.10. The quantitative estimate of drug-likeness (QED) is 0.819. The van der Waals surface area contributed by atoms with Gasteiger partial charge in [-0.15, -0.1) is 13.2 Å². The summed E-state index contributed by atoms with van der Waals surface area (Å²) < 4.78 is 53.6. The second kappa shape index (κ2) is 5.66. The normalized spacial score (nSPS) is 11.2. The van der Waals surface area contributed by atoms with Gasteiger partial charge in [0, 0.05) is 16.4 Å². The lowest BCUT2D eigenvalue weighted by Gasteiger charge is -2.10. The van der Waals surface area contributed by atoms with Crippen LogP contribution in [0.1, 0.15) is 0 Å². The third kappa shape index (κ3) is 4.09. The van der Waals surface area contributed by atoms with Crippen LogP contribution < -0.4 is 10.1 Å². The zero-order valence-electron chi connectivity index (χ0n) is 9.71. The van der Waals surface area contributed by atoms with Crippen molar-refractivity contribution in [2.24, 2.45) is 0 Å². The highest BCUT2D eigenvalue weighted by Gasteiger charge is 2.30. The molecule has 106 valence electrons. The molecule has 0 atom stereocenters. The molecular formula is C12H7BrF4N2O. The average molecular weight is 351 g/mol. The Morgan fingerprint density at radius 1 is 1.15 bits per heavy atom. The number of nitrogens with zero attached hydrogens (tertiary/aromatic N) is 1. The molecular weight excluding hydrogens is 344 g/mol. The molecule has 0 radical (unpaired) electrons. The Bertz CT molecular complexity index is 601. The number of aromatic nitrogens is 1. The smallest absolute Gasteiger partial charge is 0.406 e. The Kier molecular flexibility index (Phi) is 4.12. The van der Waals surface area contributed by atoms with Gasteiger partial charge in [-0.25, -0.2) is 9.37 Å². The Morgan fingerprint density at radius 3 is 2.35 bits per heavy atom. The number of hydrogen-bond acceptors (Lipinski definition) is 3. The number of alkyl halides is 3. The zero-order valence-corrected chi connectivity index (χ0v) is 11.3. The molecule has 0 amide bonds. The van der Waals surface area contributed by atoms with Gasteiger partial charge < -0.3 is 10.1 Å². The van der Waals surface area contributed by atoms with Crippen molar-refractivity contribution in [1.82, 2.24) is 4.98 Å². The second-order valence-electron chi connectivity index (χ2n) is 3.68. The van der Waals surface area contributed by atoms with Crippen molar-refractivity contribution in [2.75, 3.05) is 5.32 Å². The third-order valence-corrected chi connectivity index (χ3v) is 2.59. The van der Waals surface area contributed by atoms with Crippen LogP contribution in [0.3, 0.4) is 0 Å². The van der Waals surface area contributed by atoms with Gasteiger partial charge in [-0.2, -0.15) is 0 Å². The summed E-state index contributed by atoms with van der Waals surface area (Å²) >= 11 is 3.07. The number of ether oxygens (including phenoxy) is 1. The van der Waals surface area contributed by atoms with Crippen LogP contribution >= 0.6 is 15.9 Å². The van der Waals surface area contributed by atoms with Gasteiger partial charge in [0.25, 0.3) is 0 Å². The minimum absolute atomic E-state index is 0.0299. The highest BCUT2D eigenvalue weighted by atomic mass is 79.9. The first-order chi connectivity index (χ1) is 9.33. The SMILES string of the molecule is Fc1cc(Br)cnc1Nc1ccc(OC(F)(F)F)cc1. The molecule has 0 bridgehead atoms. The molecule has 0 aliphatic carbocycles. The lowest BCUT2D eigenvalue weighted by Crippen LogP contribution is -2.16. The van der Waals surface area contributed by atoms with Gasteiger partial charge in [0.1, 0.15) is 5.75 Å². The van der Waals surface area contributed by atoms with E-state index in [0.717, 1.165) is 12.1 Å². The first-order valence-electron chi connectivity index (χ1n) is 5.27. The molecule has 1 aromatic carbocycles. The summed E-state index contributed by atoms with van der Waals surface area (Å²) in [6.45, 7) is 0. The van der Waals surface area contributed by atoms with E-state index in [1.54, 1.807) is 0 Å². The molecule has 0 unspecified atom stereocenters. The van der Waals surface area contributed by atoms with Crippen LogP contribution in [0.5, 0.6) is 5.75 Å². The molecule has 1 aromatic heterocycles. The second-order valence-corrected chi connectivity index (χ2v) is 4.60. The van der Waals surface area contributed by atoms with Gasteiger partial charge in [0.15, 0.2) is 11.6 Å². The van der Waals surface area contributed by atoms with Crippen LogP contribution in [0, 0.1) is 5.82 Å². The van der Waals surface area contributed by atoms with Crippen LogP contribution in [0.25, 0.3) is 0 Å². The molecule has 1 heterocycles. The number of nitrogens with one attached hydrogen (secondary N) is 1. The van der Waals surface area contributed by atoms with E-state index >= 15 is 0 Å². The summed E-state index contributed by atoms with van der Waals surface area (Å²) in [4.78, 5) is 3.81. The molecule has 0 spiro atoms. The van der Waals surface area contributed by atoms with E-state index in [4.69, 9.17) is 0 Å². The highest BCUT2D eigenvalue weighted by molar-refractivity contribution is 9.10. The van der Waals surface area contributed by atoms with Crippen molar-refractivity contribution in [1.29, 1.82) is 0 Å². The van der Waals surface area contributed by atoms with Crippen molar-refractivity contribution < 1.29 is 22.3 Å². The zero-order chi connectivity index (χ0) is 14.8. The molecule has 0 saturated carbocycles. The molecule has 2 aromatic rings. The summed E-state index contributed by atoms with van der Waals surface area (Å²) in [6.07, 6.45) is -3.35. The average Bonchev–Trinajstić information content (AvgIpc) is 2.33. The number of pyridine rings is 1. The first-order valence-corrected chi connectivity index (χ1v) is 6.07. The number of hydrogen-bond donors (Lipinski definition) is 1. The minimum atomic E-state index is -4.74. The lowest BCUT2D eigenvalue weighted by atomic mass is 10.3. The summed E-state index contributed by atoms with van der Waals surface area (Å²) in [5.74, 6) is -0.972. The maximum absolute atomic E-state index is 13.5. The number of anilines is 2. The van der Waals surface area contributed by atoms with E-state index in [1.165, 1.54) is 24.4 Å². The number of rotatable bonds is 3. The number of benzene rings is 1. The van der Waals surface area contributed by atoms with E-state index in [0.29, 0.717) is 10.2 Å². The standard InChI is InChI=1S/C12H7BrF4N2O/c13-7-5-10(14)11(18-6-7)19-8-1-3-9(4-2-8)20-12(15,16)17/h1-6H,(H,18,19). The maximum Gasteiger partial charge on any atom is 0.573 e. The van der Waals surface area contributed by atoms with Gasteiger partial charge in [-0.3, -0.25) is 0 Å². The van der Waals surface area contributed by atoms with E-state index in [2.05, 4.69) is 31.0 Å². The summed E-state index contributed by atoms with van der Waals surface area (Å²) in [5, 5.41) is 2.65. The van der Waals surface area contributed by atoms with Crippen molar-refractivity contribution in [3.05, 3.63) is 46.8 Å². The van der Waals surface area contributed by atoms with Crippen molar-refractivity contribution in [2.45, 2.75) is 6.36 Å². The highest BCUT2D eigenvalue weighted by Crippen LogP contribution is 2.26. The molecule has 20 heavy (non-hydrogen) atoms. The molecule has 0 fully saturated rings. The van der Waals surface area contributed by atoms with E-state index in [1.807, 2.05) is 0 Å². The first kappa shape index (κ1) is 14.6. The van der Waals surface area contributed by atoms with E-state index < -0.39 is 12.2 Å². The van der Waals surface area contributed by atoms with Gasteiger partial charge in [0.05, 0.1) is 0 Å². The third-order valence-electron chi connectivity index (χ3n) is 2.16. The Labute approximate surface area is 119 Å². The van der Waals surface area contributed by atoms with Crippen molar-refractivity contribution >= 4 is 27.4 Å². The topological polar surface area (TPSA) is 34.2 Å². The van der Waals surface area contributed by atoms with Crippen LogP contribution in [-0.2, 0) is 0 Å². The molecule has 0 aliphatic heterocycles. The molecule has 3 nitrogen and oxygen atoms in total. The maximum atomic E-state index is 13.5. The van der Waals surface area contributed by atoms with Crippen LogP contribution in [0.4, 0.5) is 29.1 Å². The predicted octanol–water partition coefficient (Wildman–Crippen LogP) is 4.63. The van der Waals surface area contributed by atoms with Gasteiger partial charge in [0.2, 0.25) is 0 Å². The fraction of sp³-hybridized carbons (Fsp3) is 0.0833. The fourth-order valence-electron chi connectivity index (χ4n) is 1.38. The lowest BCUT2D eigenvalue weighted by molar-refractivity contribution is -0.274. The van der Waals surface area contributed by atoms with Crippen molar-refractivity contribution in [3.63, 3.8) is 0 Å². The molecule has 2 rings (SSSR count). The van der Waals surface area contributed by atoms with Crippen LogP contribution in [0.15, 0.2) is 41.0 Å². The van der Waals surface area contributed by atoms with Gasteiger partial charge >= 0.3 is 6.36 Å². The van der Waals surface area contributed by atoms with E-state index in [9.17, 15) is 17.6 Å². The van der Waals surface area contributed by atoms with Crippen LogP contribution in [0.2, 0.25) is 0 Å². The van der Waals surface area contributed by atoms with Gasteiger partial charge in [-0.05, 0) is 46.3 Å². The summed E-state index contributed by atoms with van der Waals surface area (Å²) in [5.41, 5.74) is 0.383. The van der Waals surface area contributed by atoms with E-state index in [-0.39, 0.29) is 11.6 Å². The minimum Gasteiger partial charge on any atom is -0.406 e. The monoisotopic (exact) mass is 350 g/mol. The molecule has 1 N–H and O–H groups in total. The van der Waals surface area contributed by atoms with Crippen LogP contribution in [-0.4, -0.2) is 11.3 Å². The summed E-state index contributed by atoms with van der Waals surface area (Å²) in [7, 11) is 0. The largest absolute Gasteiger partial charge is 0.573 e. The molecule has 0 saturated heterocycles. The fourth-order valence-corrected chi connectivity index (χ4v) is 1.69. The Morgan fingerprint density at radius 2 is 1.80 bits per heavy atom. The predicted molar refractivity (Wildman–Crippen MR) is 68.3 cm³/mol. The Hall–Kier alpha value is -1.83. The number of halogens is 5.